The smallest absolute Gasteiger partial charge is 0.462 e. The highest BCUT2D eigenvalue weighted by atomic mass is 31.2. The molecule has 0 heterocycles. The Morgan fingerprint density at radius 2 is 0.875 bits per heavy atom. The molecule has 48 heavy (non-hydrogen) atoms. The number of allylic oxidation sites excluding steroid dienone is 4. The molecule has 0 rings (SSSR count). The van der Waals surface area contributed by atoms with Gasteiger partial charge in [-0.1, -0.05) is 141 Å². The van der Waals surface area contributed by atoms with E-state index in [1.54, 1.807) is 0 Å². The Labute approximate surface area is 294 Å². The van der Waals surface area contributed by atoms with Gasteiger partial charge in [0.1, 0.15) is 6.61 Å². The van der Waals surface area contributed by atoms with Crippen LogP contribution in [0.4, 0.5) is 0 Å². The van der Waals surface area contributed by atoms with Crippen molar-refractivity contribution >= 4 is 19.8 Å². The van der Waals surface area contributed by atoms with Gasteiger partial charge in [-0.05, 0) is 64.2 Å². The van der Waals surface area contributed by atoms with Gasteiger partial charge in [0.2, 0.25) is 0 Å². The number of carbonyl (C=O) groups is 2. The van der Waals surface area contributed by atoms with Crippen LogP contribution in [-0.2, 0) is 28.2 Å². The normalized spacial score (nSPS) is 12.7. The van der Waals surface area contributed by atoms with E-state index < -0.39 is 32.5 Å². The minimum Gasteiger partial charge on any atom is -0.462 e. The van der Waals surface area contributed by atoms with Crippen molar-refractivity contribution < 1.29 is 37.9 Å². The summed E-state index contributed by atoms with van der Waals surface area (Å²) in [5.41, 5.74) is 0. The molecule has 0 saturated heterocycles. The lowest BCUT2D eigenvalue weighted by atomic mass is 10.1. The van der Waals surface area contributed by atoms with Crippen molar-refractivity contribution in [2.24, 2.45) is 0 Å². The van der Waals surface area contributed by atoms with Crippen LogP contribution in [0.5, 0.6) is 0 Å². The first-order valence-corrected chi connectivity index (χ1v) is 21.2. The highest BCUT2D eigenvalue weighted by molar-refractivity contribution is 7.46. The lowest BCUT2D eigenvalue weighted by molar-refractivity contribution is -0.161. The van der Waals surface area contributed by atoms with Gasteiger partial charge in [-0.25, -0.2) is 4.57 Å². The molecule has 0 bridgehead atoms. The zero-order valence-electron chi connectivity index (χ0n) is 30.9. The minimum absolute atomic E-state index is 0.207. The lowest BCUT2D eigenvalue weighted by Crippen LogP contribution is -2.29. The van der Waals surface area contributed by atoms with Crippen LogP contribution < -0.4 is 0 Å². The van der Waals surface area contributed by atoms with Gasteiger partial charge in [0.15, 0.2) is 6.10 Å². The van der Waals surface area contributed by atoms with Crippen LogP contribution in [0.1, 0.15) is 194 Å². The van der Waals surface area contributed by atoms with Crippen LogP contribution >= 0.6 is 7.82 Å². The molecule has 282 valence electrons. The highest BCUT2D eigenvalue weighted by Gasteiger charge is 2.22. The molecule has 0 radical (unpaired) electrons. The third-order valence-corrected chi connectivity index (χ3v) is 8.93. The van der Waals surface area contributed by atoms with Crippen LogP contribution in [0.3, 0.4) is 0 Å². The Morgan fingerprint density at radius 1 is 0.521 bits per heavy atom. The third-order valence-electron chi connectivity index (χ3n) is 8.44. The first-order chi connectivity index (χ1) is 23.3. The van der Waals surface area contributed by atoms with Crippen molar-refractivity contribution in [3.05, 3.63) is 24.3 Å². The van der Waals surface area contributed by atoms with Gasteiger partial charge in [0.25, 0.3) is 0 Å². The monoisotopic (exact) mass is 701 g/mol. The quantitative estimate of drug-likeness (QED) is 0.0287. The molecule has 8 nitrogen and oxygen atoms in total. The van der Waals surface area contributed by atoms with Gasteiger partial charge in [-0.3, -0.25) is 14.1 Å². The number of ether oxygens (including phenoxy) is 2. The van der Waals surface area contributed by atoms with E-state index in [2.05, 4.69) is 42.7 Å². The van der Waals surface area contributed by atoms with E-state index in [4.69, 9.17) is 19.3 Å². The summed E-state index contributed by atoms with van der Waals surface area (Å²) in [7, 11) is -4.75. The molecule has 0 aliphatic carbocycles. The second-order valence-corrected chi connectivity index (χ2v) is 14.5. The molecular formula is C39H73O8P. The molecule has 0 fully saturated rings. The summed E-state index contributed by atoms with van der Waals surface area (Å²) in [5.74, 6) is -0.896. The van der Waals surface area contributed by atoms with Crippen LogP contribution in [0, 0.1) is 0 Å². The predicted molar refractivity (Wildman–Crippen MR) is 198 cm³/mol. The Bertz CT molecular complexity index is 838. The molecular weight excluding hydrogens is 627 g/mol. The largest absolute Gasteiger partial charge is 0.469 e. The van der Waals surface area contributed by atoms with Gasteiger partial charge < -0.3 is 19.3 Å². The summed E-state index contributed by atoms with van der Waals surface area (Å²) in [6.45, 7) is 3.65. The van der Waals surface area contributed by atoms with Gasteiger partial charge in [-0.15, -0.1) is 0 Å². The van der Waals surface area contributed by atoms with E-state index in [1.165, 1.54) is 96.3 Å². The zero-order valence-corrected chi connectivity index (χ0v) is 31.8. The minimum atomic E-state index is -4.75. The Kier molecular flexibility index (Phi) is 34.3. The molecule has 0 aromatic carbocycles. The SMILES string of the molecule is CCCCCC/C=C\CCCCCCCC(=O)OCC(COP(=O)(O)O)OC(=O)CCCCCCCCC/C=C\CCCCCCCC. The van der Waals surface area contributed by atoms with Gasteiger partial charge in [-0.2, -0.15) is 0 Å². The summed E-state index contributed by atoms with van der Waals surface area (Å²) in [6, 6.07) is 0. The molecule has 0 aromatic heterocycles. The van der Waals surface area contributed by atoms with Crippen molar-refractivity contribution in [3.63, 3.8) is 0 Å². The Hall–Kier alpha value is -1.47. The van der Waals surface area contributed by atoms with E-state index in [1.807, 2.05) is 0 Å². The summed E-state index contributed by atoms with van der Waals surface area (Å²) in [4.78, 5) is 42.7. The number of carbonyl (C=O) groups excluding carboxylic acids is 2. The van der Waals surface area contributed by atoms with Crippen LogP contribution in [0.25, 0.3) is 0 Å². The fourth-order valence-electron chi connectivity index (χ4n) is 5.48. The summed E-state index contributed by atoms with van der Waals surface area (Å²) >= 11 is 0. The van der Waals surface area contributed by atoms with Crippen LogP contribution in [-0.4, -0.2) is 41.0 Å². The Balaban J connectivity index is 3.95. The molecule has 0 aliphatic rings. The van der Waals surface area contributed by atoms with E-state index in [0.717, 1.165) is 57.8 Å². The van der Waals surface area contributed by atoms with E-state index >= 15 is 0 Å². The van der Waals surface area contributed by atoms with Crippen molar-refractivity contribution in [1.29, 1.82) is 0 Å². The summed E-state index contributed by atoms with van der Waals surface area (Å²) in [5, 5.41) is 0. The van der Waals surface area contributed by atoms with E-state index in [-0.39, 0.29) is 19.4 Å². The standard InChI is InChI=1S/C39H73O8P/c1-3-5-7-9-11-13-15-17-18-19-20-22-24-26-28-30-32-34-39(41)47-37(36-46-48(42,43)44)35-45-38(40)33-31-29-27-25-23-21-16-14-12-10-8-6-4-2/h14,16-18,37H,3-13,15,19-36H2,1-2H3,(H2,42,43,44)/b16-14-,18-17-. The van der Waals surface area contributed by atoms with Crippen molar-refractivity contribution in [2.45, 2.75) is 200 Å². The number of phosphoric ester groups is 1. The molecule has 0 amide bonds. The van der Waals surface area contributed by atoms with Gasteiger partial charge >= 0.3 is 19.8 Å². The summed E-state index contributed by atoms with van der Waals surface area (Å²) in [6.07, 6.45) is 38.9. The van der Waals surface area contributed by atoms with E-state index in [9.17, 15) is 14.2 Å². The van der Waals surface area contributed by atoms with Crippen molar-refractivity contribution in [1.82, 2.24) is 0 Å². The Morgan fingerprint density at radius 3 is 1.29 bits per heavy atom. The second-order valence-electron chi connectivity index (χ2n) is 13.2. The zero-order chi connectivity index (χ0) is 35.4. The number of hydrogen-bond donors (Lipinski definition) is 2. The predicted octanol–water partition coefficient (Wildman–Crippen LogP) is 11.6. The molecule has 0 saturated carbocycles. The van der Waals surface area contributed by atoms with Crippen LogP contribution in [0.2, 0.25) is 0 Å². The van der Waals surface area contributed by atoms with Crippen LogP contribution in [0.15, 0.2) is 24.3 Å². The molecule has 1 atom stereocenters. The molecule has 9 heteroatoms. The second kappa shape index (κ2) is 35.4. The lowest BCUT2D eigenvalue weighted by Gasteiger charge is -2.18. The topological polar surface area (TPSA) is 119 Å². The number of rotatable bonds is 36. The van der Waals surface area contributed by atoms with Crippen molar-refractivity contribution in [3.8, 4) is 0 Å². The van der Waals surface area contributed by atoms with Crippen molar-refractivity contribution in [2.75, 3.05) is 13.2 Å². The van der Waals surface area contributed by atoms with E-state index in [0.29, 0.717) is 12.8 Å². The van der Waals surface area contributed by atoms with Gasteiger partial charge in [0.05, 0.1) is 6.61 Å². The average molecular weight is 701 g/mol. The fraction of sp³-hybridized carbons (Fsp3) is 0.846. The number of hydrogen-bond acceptors (Lipinski definition) is 6. The molecule has 2 N–H and O–H groups in total. The first-order valence-electron chi connectivity index (χ1n) is 19.6. The molecule has 1 unspecified atom stereocenters. The maximum atomic E-state index is 12.4. The number of phosphoric acid groups is 1. The maximum Gasteiger partial charge on any atom is 0.469 e. The molecule has 0 aromatic rings. The fourth-order valence-corrected chi connectivity index (χ4v) is 5.84. The third kappa shape index (κ3) is 37.4. The number of unbranched alkanes of at least 4 members (excludes halogenated alkanes) is 22. The van der Waals surface area contributed by atoms with Gasteiger partial charge in [0, 0.05) is 12.8 Å². The molecule has 0 aliphatic heterocycles. The maximum absolute atomic E-state index is 12.4. The average Bonchev–Trinajstić information content (AvgIpc) is 3.05. The highest BCUT2D eigenvalue weighted by Crippen LogP contribution is 2.36. The molecule has 0 spiro atoms. The first kappa shape index (κ1) is 46.5. The number of esters is 2. The summed E-state index contributed by atoms with van der Waals surface area (Å²) < 4.78 is 26.3.